The summed E-state index contributed by atoms with van der Waals surface area (Å²) in [6, 6.07) is 0. The summed E-state index contributed by atoms with van der Waals surface area (Å²) in [4.78, 5) is 11.9. The van der Waals surface area contributed by atoms with Crippen molar-refractivity contribution in [2.45, 2.75) is 136 Å². The molecule has 5 nitrogen and oxygen atoms in total. The molecule has 0 radical (unpaired) electrons. The number of hydrogen-bond acceptors (Lipinski definition) is 5. The van der Waals surface area contributed by atoms with Gasteiger partial charge in [-0.1, -0.05) is 27.7 Å². The molecule has 5 saturated carbocycles. The van der Waals surface area contributed by atoms with Crippen LogP contribution in [0, 0.1) is 51.2 Å². The molecule has 0 aromatic rings. The average molecular weight is 503 g/mol. The third-order valence-corrected chi connectivity index (χ3v) is 13.2. The number of esters is 1. The Hall–Kier alpha value is -0.650. The van der Waals surface area contributed by atoms with Crippen LogP contribution in [0.4, 0.5) is 0 Å². The minimum Gasteiger partial charge on any atom is -0.457 e. The van der Waals surface area contributed by atoms with Gasteiger partial charge >= 0.3 is 5.97 Å². The lowest BCUT2D eigenvalue weighted by atomic mass is 9.46. The van der Waals surface area contributed by atoms with E-state index in [9.17, 15) is 15.0 Å². The van der Waals surface area contributed by atoms with E-state index < -0.39 is 11.7 Å². The van der Waals surface area contributed by atoms with Gasteiger partial charge in [0.25, 0.3) is 0 Å². The number of rotatable bonds is 3. The van der Waals surface area contributed by atoms with Crippen molar-refractivity contribution in [2.24, 2.45) is 51.2 Å². The van der Waals surface area contributed by atoms with Crippen molar-refractivity contribution >= 4 is 5.97 Å². The van der Waals surface area contributed by atoms with E-state index in [2.05, 4.69) is 27.7 Å². The van der Waals surface area contributed by atoms with E-state index in [1.165, 1.54) is 45.4 Å². The number of fused-ring (bicyclic) bond motifs is 4. The summed E-state index contributed by atoms with van der Waals surface area (Å²) in [6.07, 6.45) is 9.88. The first kappa shape index (κ1) is 25.6. The smallest absolute Gasteiger partial charge is 0.303 e. The van der Waals surface area contributed by atoms with E-state index in [0.29, 0.717) is 39.9 Å². The second kappa shape index (κ2) is 7.72. The minimum absolute atomic E-state index is 0.0325. The summed E-state index contributed by atoms with van der Waals surface area (Å²) < 4.78 is 12.5. The summed E-state index contributed by atoms with van der Waals surface area (Å²) in [7, 11) is 0. The lowest BCUT2D eigenvalue weighted by Crippen LogP contribution is -2.56. The van der Waals surface area contributed by atoms with Crippen LogP contribution in [0.15, 0.2) is 0 Å². The van der Waals surface area contributed by atoms with Crippen molar-refractivity contribution in [1.82, 2.24) is 0 Å². The van der Waals surface area contributed by atoms with Crippen LogP contribution >= 0.6 is 0 Å². The van der Waals surface area contributed by atoms with Crippen molar-refractivity contribution < 1.29 is 24.5 Å². The van der Waals surface area contributed by atoms with Crippen LogP contribution in [0.25, 0.3) is 0 Å². The van der Waals surface area contributed by atoms with E-state index >= 15 is 0 Å². The topological polar surface area (TPSA) is 76.0 Å². The fourth-order valence-corrected chi connectivity index (χ4v) is 11.9. The monoisotopic (exact) mass is 502 g/mol. The highest BCUT2D eigenvalue weighted by Gasteiger charge is 2.80. The number of aliphatic hydroxyl groups excluding tert-OH is 1. The first-order valence-electron chi connectivity index (χ1n) is 14.9. The van der Waals surface area contributed by atoms with Gasteiger partial charge < -0.3 is 19.7 Å². The van der Waals surface area contributed by atoms with E-state index in [-0.39, 0.29) is 29.7 Å². The lowest BCUT2D eigenvalue weighted by Gasteiger charge is -2.59. The third kappa shape index (κ3) is 3.21. The molecule has 0 aromatic heterocycles. The van der Waals surface area contributed by atoms with Crippen molar-refractivity contribution in [3.8, 4) is 0 Å². The van der Waals surface area contributed by atoms with Gasteiger partial charge in [-0.2, -0.15) is 0 Å². The van der Waals surface area contributed by atoms with Crippen molar-refractivity contribution in [1.29, 1.82) is 0 Å². The molecule has 12 atom stereocenters. The Morgan fingerprint density at radius 2 is 1.75 bits per heavy atom. The fraction of sp³-hybridized carbons (Fsp3) is 0.968. The highest BCUT2D eigenvalue weighted by atomic mass is 16.6. The zero-order valence-corrected chi connectivity index (χ0v) is 23.7. The molecule has 6 rings (SSSR count). The molecule has 2 N–H and O–H groups in total. The average Bonchev–Trinajstić information content (AvgIpc) is 3.33. The Kier molecular flexibility index (Phi) is 5.49. The van der Waals surface area contributed by atoms with Gasteiger partial charge in [-0.25, -0.2) is 0 Å². The predicted molar refractivity (Wildman–Crippen MR) is 138 cm³/mol. The molecule has 0 bridgehead atoms. The first-order chi connectivity index (χ1) is 16.7. The van der Waals surface area contributed by atoms with Gasteiger partial charge in [-0.05, 0) is 123 Å². The minimum atomic E-state index is -1.14. The van der Waals surface area contributed by atoms with E-state index in [4.69, 9.17) is 9.47 Å². The van der Waals surface area contributed by atoms with Gasteiger partial charge in [0.1, 0.15) is 0 Å². The molecule has 204 valence electrons. The van der Waals surface area contributed by atoms with Crippen LogP contribution in [0.3, 0.4) is 0 Å². The number of aliphatic hydroxyl groups is 2. The molecule has 1 heterocycles. The molecule has 2 spiro atoms. The molecule has 36 heavy (non-hydrogen) atoms. The maximum Gasteiger partial charge on any atom is 0.303 e. The molecular formula is C31H50O5. The van der Waals surface area contributed by atoms with Crippen LogP contribution in [-0.2, 0) is 14.3 Å². The van der Waals surface area contributed by atoms with Crippen molar-refractivity contribution in [3.05, 3.63) is 0 Å². The Morgan fingerprint density at radius 1 is 1.03 bits per heavy atom. The molecule has 6 fully saturated rings. The number of ether oxygens (including phenoxy) is 2. The Morgan fingerprint density at radius 3 is 2.42 bits per heavy atom. The lowest BCUT2D eigenvalue weighted by molar-refractivity contribution is -0.208. The van der Waals surface area contributed by atoms with Crippen molar-refractivity contribution in [2.75, 3.05) is 0 Å². The van der Waals surface area contributed by atoms with Gasteiger partial charge in [0, 0.05) is 6.92 Å². The van der Waals surface area contributed by atoms with Crippen LogP contribution in [0.2, 0.25) is 0 Å². The summed E-state index contributed by atoms with van der Waals surface area (Å²) in [5, 5.41) is 21.7. The highest BCUT2D eigenvalue weighted by Crippen LogP contribution is 2.87. The molecule has 5 aliphatic carbocycles. The molecular weight excluding hydrogens is 452 g/mol. The molecule has 0 amide bonds. The second-order valence-electron chi connectivity index (χ2n) is 15.6. The summed E-state index contributed by atoms with van der Waals surface area (Å²) in [5.41, 5.74) is 0.145. The van der Waals surface area contributed by atoms with Gasteiger partial charge in [0.05, 0.1) is 23.9 Å². The number of carbonyl (C=O) groups excluding carboxylic acids is 1. The molecule has 0 aromatic carbocycles. The van der Waals surface area contributed by atoms with Gasteiger partial charge in [0.15, 0.2) is 6.10 Å². The predicted octanol–water partition coefficient (Wildman–Crippen LogP) is 5.50. The number of hydrogen-bond donors (Lipinski definition) is 2. The molecule has 1 saturated heterocycles. The first-order valence-corrected chi connectivity index (χ1v) is 14.9. The summed E-state index contributed by atoms with van der Waals surface area (Å²) in [6.45, 7) is 14.5. The van der Waals surface area contributed by atoms with E-state index in [1.54, 1.807) is 13.8 Å². The zero-order chi connectivity index (χ0) is 26.1. The molecule has 6 aliphatic rings. The SMILES string of the molecule is CC(=O)O[C@@H]([C@H]1C[C@@H](C)C2[C@@H](CC3C4CCC5C(C)(C)[C@@H](O)CC[C@@]56CC46CCC32C)O1)C(C)(C)O. The summed E-state index contributed by atoms with van der Waals surface area (Å²) >= 11 is 0. The van der Waals surface area contributed by atoms with Gasteiger partial charge in [-0.3, -0.25) is 4.79 Å². The van der Waals surface area contributed by atoms with Gasteiger partial charge in [0.2, 0.25) is 0 Å². The van der Waals surface area contributed by atoms with E-state index in [1.807, 2.05) is 0 Å². The van der Waals surface area contributed by atoms with Crippen LogP contribution in [-0.4, -0.2) is 46.2 Å². The number of carbonyl (C=O) groups is 1. The zero-order valence-electron chi connectivity index (χ0n) is 23.7. The van der Waals surface area contributed by atoms with Gasteiger partial charge in [-0.15, -0.1) is 0 Å². The Balaban J connectivity index is 1.27. The molecule has 5 heteroatoms. The van der Waals surface area contributed by atoms with E-state index in [0.717, 1.165) is 25.2 Å². The maximum atomic E-state index is 11.9. The maximum absolute atomic E-state index is 11.9. The summed E-state index contributed by atoms with van der Waals surface area (Å²) in [5.74, 6) is 2.78. The van der Waals surface area contributed by atoms with Crippen LogP contribution in [0.5, 0.6) is 0 Å². The normalized spacial score (nSPS) is 53.7. The van der Waals surface area contributed by atoms with Crippen LogP contribution in [0.1, 0.15) is 106 Å². The van der Waals surface area contributed by atoms with Crippen LogP contribution < -0.4 is 0 Å². The van der Waals surface area contributed by atoms with Crippen molar-refractivity contribution in [3.63, 3.8) is 0 Å². The third-order valence-electron chi connectivity index (χ3n) is 13.2. The quantitative estimate of drug-likeness (QED) is 0.498. The Labute approximate surface area is 218 Å². The molecule has 6 unspecified atom stereocenters. The molecule has 1 aliphatic heterocycles. The Bertz CT molecular complexity index is 922. The standard InChI is InChI=1S/C31H50O5/c1-17-14-22(26(28(5,6)34)35-18(2)32)36-21-15-20-19-8-9-23-27(3,4)24(33)10-11-31(23)16-30(19,31)13-12-29(20,7)25(17)21/h17,19-26,33-34H,8-16H2,1-7H3/t17-,19?,20?,21-,22-,23?,24+,25?,26+,29?,30?,31-/m1/s1. The fourth-order valence-electron chi connectivity index (χ4n) is 11.9. The highest BCUT2D eigenvalue weighted by molar-refractivity contribution is 5.66. The second-order valence-corrected chi connectivity index (χ2v) is 15.6. The largest absolute Gasteiger partial charge is 0.457 e.